The molecule has 1 aromatic heterocycles. The minimum Gasteiger partial charge on any atom is -0.382 e. The van der Waals surface area contributed by atoms with Crippen LogP contribution in [-0.2, 0) is 6.54 Å². The van der Waals surface area contributed by atoms with Crippen LogP contribution >= 0.6 is 0 Å². The predicted molar refractivity (Wildman–Crippen MR) is 53.5 cm³/mol. The van der Waals surface area contributed by atoms with Gasteiger partial charge in [0, 0.05) is 35.7 Å². The van der Waals surface area contributed by atoms with Crippen LogP contribution in [-0.4, -0.2) is 11.0 Å². The molecule has 0 bridgehead atoms. The number of rotatable bonds is 3. The highest BCUT2D eigenvalue weighted by atomic mass is 15.0. The van der Waals surface area contributed by atoms with Gasteiger partial charge in [0.15, 0.2) is 0 Å². The van der Waals surface area contributed by atoms with Crippen molar-refractivity contribution in [3.05, 3.63) is 23.5 Å². The van der Waals surface area contributed by atoms with Crippen molar-refractivity contribution in [3.8, 4) is 0 Å². The number of pyridine rings is 1. The van der Waals surface area contributed by atoms with E-state index < -0.39 is 0 Å². The molecule has 1 saturated carbocycles. The zero-order chi connectivity index (χ0) is 9.26. The molecule has 0 unspecified atom stereocenters. The Balaban J connectivity index is 2.22. The van der Waals surface area contributed by atoms with Crippen LogP contribution in [0, 0.1) is 6.92 Å². The average molecular weight is 177 g/mol. The summed E-state index contributed by atoms with van der Waals surface area (Å²) in [5.41, 5.74) is 8.93. The fourth-order valence-corrected chi connectivity index (χ4v) is 1.33. The molecule has 0 radical (unpaired) electrons. The number of anilines is 1. The van der Waals surface area contributed by atoms with Crippen molar-refractivity contribution in [2.75, 3.05) is 5.32 Å². The maximum absolute atomic E-state index is 5.62. The summed E-state index contributed by atoms with van der Waals surface area (Å²) >= 11 is 0. The molecule has 1 fully saturated rings. The number of aryl methyl sites for hydroxylation is 1. The Labute approximate surface area is 78.4 Å². The molecule has 2 rings (SSSR count). The van der Waals surface area contributed by atoms with Crippen molar-refractivity contribution in [3.63, 3.8) is 0 Å². The second-order valence-electron chi connectivity index (χ2n) is 3.61. The summed E-state index contributed by atoms with van der Waals surface area (Å²) in [5.74, 6) is 0. The molecule has 0 saturated heterocycles. The van der Waals surface area contributed by atoms with Crippen molar-refractivity contribution in [1.82, 2.24) is 4.98 Å². The lowest BCUT2D eigenvalue weighted by molar-refractivity contribution is 1.02. The normalized spacial score (nSPS) is 15.8. The second kappa shape index (κ2) is 3.34. The SMILES string of the molecule is Cc1cc(NC2CC2)c(CN)cn1. The topological polar surface area (TPSA) is 50.9 Å². The molecule has 0 spiro atoms. The van der Waals surface area contributed by atoms with Gasteiger partial charge in [-0.3, -0.25) is 4.98 Å². The van der Waals surface area contributed by atoms with E-state index in [9.17, 15) is 0 Å². The van der Waals surface area contributed by atoms with Gasteiger partial charge in [-0.25, -0.2) is 0 Å². The molecule has 0 aliphatic heterocycles. The van der Waals surface area contributed by atoms with Gasteiger partial charge in [0.25, 0.3) is 0 Å². The van der Waals surface area contributed by atoms with Crippen molar-refractivity contribution >= 4 is 5.69 Å². The third kappa shape index (κ3) is 1.98. The standard InChI is InChI=1S/C10H15N3/c1-7-4-10(13-9-2-3-9)8(5-11)6-12-7/h4,6,9H,2-3,5,11H2,1H3,(H,12,13). The number of nitrogens with two attached hydrogens (primary N) is 1. The van der Waals surface area contributed by atoms with Gasteiger partial charge < -0.3 is 11.1 Å². The largest absolute Gasteiger partial charge is 0.382 e. The van der Waals surface area contributed by atoms with E-state index in [2.05, 4.69) is 16.4 Å². The molecule has 1 aliphatic rings. The smallest absolute Gasteiger partial charge is 0.0421 e. The van der Waals surface area contributed by atoms with Crippen molar-refractivity contribution in [1.29, 1.82) is 0 Å². The van der Waals surface area contributed by atoms with Crippen LogP contribution in [0.2, 0.25) is 0 Å². The Bertz CT molecular complexity index is 305. The van der Waals surface area contributed by atoms with E-state index in [1.807, 2.05) is 13.1 Å². The quantitative estimate of drug-likeness (QED) is 0.734. The van der Waals surface area contributed by atoms with E-state index in [1.165, 1.54) is 12.8 Å². The van der Waals surface area contributed by atoms with Gasteiger partial charge in [-0.1, -0.05) is 0 Å². The van der Waals surface area contributed by atoms with Gasteiger partial charge in [0.2, 0.25) is 0 Å². The monoisotopic (exact) mass is 177 g/mol. The third-order valence-corrected chi connectivity index (χ3v) is 2.28. The number of nitrogens with one attached hydrogen (secondary N) is 1. The first-order valence-electron chi connectivity index (χ1n) is 4.71. The summed E-state index contributed by atoms with van der Waals surface area (Å²) in [7, 11) is 0. The predicted octanol–water partition coefficient (Wildman–Crippen LogP) is 1.42. The van der Waals surface area contributed by atoms with Gasteiger partial charge in [-0.05, 0) is 25.8 Å². The van der Waals surface area contributed by atoms with Crippen molar-refractivity contribution in [2.24, 2.45) is 5.73 Å². The molecule has 70 valence electrons. The lowest BCUT2D eigenvalue weighted by atomic mass is 10.2. The number of aromatic nitrogens is 1. The Morgan fingerprint density at radius 2 is 2.38 bits per heavy atom. The second-order valence-corrected chi connectivity index (χ2v) is 3.61. The Kier molecular flexibility index (Phi) is 2.19. The van der Waals surface area contributed by atoms with Gasteiger partial charge in [0.1, 0.15) is 0 Å². The third-order valence-electron chi connectivity index (χ3n) is 2.28. The highest BCUT2D eigenvalue weighted by Gasteiger charge is 2.21. The maximum Gasteiger partial charge on any atom is 0.0421 e. The molecule has 3 N–H and O–H groups in total. The van der Waals surface area contributed by atoms with E-state index >= 15 is 0 Å². The molecule has 3 nitrogen and oxygen atoms in total. The zero-order valence-electron chi connectivity index (χ0n) is 7.88. The van der Waals surface area contributed by atoms with Crippen molar-refractivity contribution < 1.29 is 0 Å². The maximum atomic E-state index is 5.62. The molecule has 13 heavy (non-hydrogen) atoms. The molecule has 1 aromatic rings. The number of nitrogens with zero attached hydrogens (tertiary/aromatic N) is 1. The van der Waals surface area contributed by atoms with E-state index in [1.54, 1.807) is 0 Å². The van der Waals surface area contributed by atoms with E-state index in [0.29, 0.717) is 12.6 Å². The molecule has 1 heterocycles. The summed E-state index contributed by atoms with van der Waals surface area (Å²) < 4.78 is 0. The Hall–Kier alpha value is -1.09. The van der Waals surface area contributed by atoms with Gasteiger partial charge in [-0.2, -0.15) is 0 Å². The van der Waals surface area contributed by atoms with Crippen LogP contribution in [0.15, 0.2) is 12.3 Å². The van der Waals surface area contributed by atoms with Crippen LogP contribution in [0.25, 0.3) is 0 Å². The number of hydrogen-bond donors (Lipinski definition) is 2. The fraction of sp³-hybridized carbons (Fsp3) is 0.500. The summed E-state index contributed by atoms with van der Waals surface area (Å²) in [6, 6.07) is 2.74. The van der Waals surface area contributed by atoms with E-state index in [4.69, 9.17) is 5.73 Å². The first kappa shape index (κ1) is 8.51. The highest BCUT2D eigenvalue weighted by molar-refractivity contribution is 5.52. The van der Waals surface area contributed by atoms with Gasteiger partial charge in [0.05, 0.1) is 0 Å². The van der Waals surface area contributed by atoms with Gasteiger partial charge >= 0.3 is 0 Å². The first-order chi connectivity index (χ1) is 6.29. The lowest BCUT2D eigenvalue weighted by Crippen LogP contribution is -2.08. The molecule has 1 aliphatic carbocycles. The van der Waals surface area contributed by atoms with Crippen LogP contribution in [0.5, 0.6) is 0 Å². The van der Waals surface area contributed by atoms with Crippen LogP contribution in [0.4, 0.5) is 5.69 Å². The summed E-state index contributed by atoms with van der Waals surface area (Å²) in [5, 5.41) is 3.46. The minimum absolute atomic E-state index is 0.558. The Morgan fingerprint density at radius 3 is 3.00 bits per heavy atom. The highest BCUT2D eigenvalue weighted by Crippen LogP contribution is 2.26. The molecule has 3 heteroatoms. The van der Waals surface area contributed by atoms with E-state index in [-0.39, 0.29) is 0 Å². The molecule has 0 aromatic carbocycles. The zero-order valence-corrected chi connectivity index (χ0v) is 7.88. The van der Waals surface area contributed by atoms with Gasteiger partial charge in [-0.15, -0.1) is 0 Å². The molecule has 0 atom stereocenters. The molecule has 0 amide bonds. The minimum atomic E-state index is 0.558. The number of hydrogen-bond acceptors (Lipinski definition) is 3. The first-order valence-corrected chi connectivity index (χ1v) is 4.71. The van der Waals surface area contributed by atoms with Crippen molar-refractivity contribution in [2.45, 2.75) is 32.4 Å². The van der Waals surface area contributed by atoms with Crippen LogP contribution in [0.3, 0.4) is 0 Å². The Morgan fingerprint density at radius 1 is 1.62 bits per heavy atom. The van der Waals surface area contributed by atoms with Crippen LogP contribution < -0.4 is 11.1 Å². The fourth-order valence-electron chi connectivity index (χ4n) is 1.33. The summed E-state index contributed by atoms with van der Waals surface area (Å²) in [4.78, 5) is 4.22. The molecular weight excluding hydrogens is 162 g/mol. The van der Waals surface area contributed by atoms with E-state index in [0.717, 1.165) is 16.9 Å². The molecular formula is C10H15N3. The lowest BCUT2D eigenvalue weighted by Gasteiger charge is -2.09. The summed E-state index contributed by atoms with van der Waals surface area (Å²) in [6.45, 7) is 2.56. The van der Waals surface area contributed by atoms with Crippen LogP contribution in [0.1, 0.15) is 24.1 Å². The average Bonchev–Trinajstić information content (AvgIpc) is 2.89. The summed E-state index contributed by atoms with van der Waals surface area (Å²) in [6.07, 6.45) is 4.43.